The predicted octanol–water partition coefficient (Wildman–Crippen LogP) is 2.24. The lowest BCUT2D eigenvalue weighted by molar-refractivity contribution is 0.181. The Hall–Kier alpha value is -0.130. The molecule has 0 aliphatic heterocycles. The lowest BCUT2D eigenvalue weighted by Gasteiger charge is -2.32. The topological polar surface area (TPSA) is 55.4 Å². The zero-order chi connectivity index (χ0) is 14.8. The van der Waals surface area contributed by atoms with E-state index in [1.165, 1.54) is 0 Å². The molecule has 0 heterocycles. The maximum atomic E-state index is 11.5. The summed E-state index contributed by atoms with van der Waals surface area (Å²) in [4.78, 5) is 0. The third-order valence-corrected chi connectivity index (χ3v) is 5.88. The highest BCUT2D eigenvalue weighted by Crippen LogP contribution is 2.31. The summed E-state index contributed by atoms with van der Waals surface area (Å²) in [6.45, 7) is 8.61. The molecule has 4 nitrogen and oxygen atoms in total. The molecule has 0 amide bonds. The number of rotatable bonds is 12. The van der Waals surface area contributed by atoms with Crippen LogP contribution < -0.4 is 5.32 Å². The van der Waals surface area contributed by atoms with Crippen LogP contribution in [0.1, 0.15) is 46.5 Å². The van der Waals surface area contributed by atoms with E-state index in [9.17, 15) is 8.42 Å². The number of hydrogen-bond donors (Lipinski definition) is 1. The molecule has 0 atom stereocenters. The van der Waals surface area contributed by atoms with Gasteiger partial charge in [-0.3, -0.25) is 0 Å². The molecule has 1 N–H and O–H groups in total. The third kappa shape index (κ3) is 7.90. The van der Waals surface area contributed by atoms with Crippen LogP contribution in [0.5, 0.6) is 0 Å². The molecule has 0 aromatic rings. The average Bonchev–Trinajstić information content (AvgIpc) is 2.41. The van der Waals surface area contributed by atoms with Gasteiger partial charge in [0.15, 0.2) is 0 Å². The second-order valence-electron chi connectivity index (χ2n) is 5.22. The summed E-state index contributed by atoms with van der Waals surface area (Å²) in [5, 5.41) is 3.42. The van der Waals surface area contributed by atoms with Crippen molar-refractivity contribution in [2.45, 2.75) is 46.5 Å². The van der Waals surface area contributed by atoms with Crippen LogP contribution >= 0.6 is 0 Å². The van der Waals surface area contributed by atoms with Crippen molar-refractivity contribution < 1.29 is 13.2 Å². The number of sulfone groups is 1. The Bertz CT molecular complexity index is 311. The molecule has 0 aromatic heterocycles. The summed E-state index contributed by atoms with van der Waals surface area (Å²) in [7, 11) is -1.13. The molecule has 0 spiro atoms. The number of nitrogens with one attached hydrogen (secondary N) is 1. The Morgan fingerprint density at radius 2 is 1.79 bits per heavy atom. The Labute approximate surface area is 119 Å². The van der Waals surface area contributed by atoms with E-state index in [1.54, 1.807) is 14.0 Å². The fraction of sp³-hybridized carbons (Fsp3) is 1.00. The fourth-order valence-electron chi connectivity index (χ4n) is 2.28. The van der Waals surface area contributed by atoms with Crippen molar-refractivity contribution in [3.05, 3.63) is 0 Å². The standard InChI is InChI=1S/C14H31NO3S/c1-5-14(6-2,13-15-10-11-18-4)9-8-12-19(16,17)7-3/h15H,5-13H2,1-4H3. The van der Waals surface area contributed by atoms with Crippen LogP contribution in [0.3, 0.4) is 0 Å². The molecular formula is C14H31NO3S. The Balaban J connectivity index is 4.22. The van der Waals surface area contributed by atoms with Crippen molar-refractivity contribution in [2.24, 2.45) is 5.41 Å². The monoisotopic (exact) mass is 293 g/mol. The minimum Gasteiger partial charge on any atom is -0.383 e. The van der Waals surface area contributed by atoms with E-state index in [4.69, 9.17) is 4.74 Å². The van der Waals surface area contributed by atoms with Crippen molar-refractivity contribution in [1.82, 2.24) is 5.32 Å². The van der Waals surface area contributed by atoms with Gasteiger partial charge in [0.05, 0.1) is 12.4 Å². The lowest BCUT2D eigenvalue weighted by Crippen LogP contribution is -2.35. The largest absolute Gasteiger partial charge is 0.383 e. The summed E-state index contributed by atoms with van der Waals surface area (Å²) in [5.74, 6) is 0.577. The molecule has 0 unspecified atom stereocenters. The Kier molecular flexibility index (Phi) is 9.66. The molecule has 0 saturated carbocycles. The average molecular weight is 293 g/mol. The lowest BCUT2D eigenvalue weighted by atomic mass is 9.78. The van der Waals surface area contributed by atoms with Gasteiger partial charge in [-0.1, -0.05) is 20.8 Å². The molecule has 19 heavy (non-hydrogen) atoms. The first-order valence-electron chi connectivity index (χ1n) is 7.35. The van der Waals surface area contributed by atoms with Crippen LogP contribution in [0, 0.1) is 5.41 Å². The molecule has 0 aromatic carbocycles. The maximum absolute atomic E-state index is 11.5. The smallest absolute Gasteiger partial charge is 0.150 e. The van der Waals surface area contributed by atoms with E-state index >= 15 is 0 Å². The van der Waals surface area contributed by atoms with Crippen LogP contribution in [0.4, 0.5) is 0 Å². The van der Waals surface area contributed by atoms with Crippen LogP contribution in [0.2, 0.25) is 0 Å². The van der Waals surface area contributed by atoms with Gasteiger partial charge in [-0.25, -0.2) is 8.42 Å². The van der Waals surface area contributed by atoms with Crippen LogP contribution in [-0.4, -0.2) is 46.7 Å². The van der Waals surface area contributed by atoms with Crippen LogP contribution in [0.25, 0.3) is 0 Å². The molecule has 0 bridgehead atoms. The van der Waals surface area contributed by atoms with Crippen LogP contribution in [0.15, 0.2) is 0 Å². The minimum absolute atomic E-state index is 0.219. The van der Waals surface area contributed by atoms with E-state index in [2.05, 4.69) is 19.2 Å². The first-order valence-corrected chi connectivity index (χ1v) is 9.17. The predicted molar refractivity (Wildman–Crippen MR) is 81.3 cm³/mol. The number of ether oxygens (including phenoxy) is 1. The van der Waals surface area contributed by atoms with Gasteiger partial charge < -0.3 is 10.1 Å². The molecule has 0 saturated heterocycles. The molecule has 0 aliphatic rings. The SMILES string of the molecule is CCC(CC)(CCCS(=O)(=O)CC)CNCCOC. The van der Waals surface area contributed by atoms with Crippen molar-refractivity contribution >= 4 is 9.84 Å². The molecule has 5 heteroatoms. The zero-order valence-electron chi connectivity index (χ0n) is 13.0. The Morgan fingerprint density at radius 1 is 1.16 bits per heavy atom. The minimum atomic E-state index is -2.83. The highest BCUT2D eigenvalue weighted by molar-refractivity contribution is 7.91. The quantitative estimate of drug-likeness (QED) is 0.561. The van der Waals surface area contributed by atoms with Gasteiger partial charge in [-0.2, -0.15) is 0 Å². The van der Waals surface area contributed by atoms with Gasteiger partial charge in [0.2, 0.25) is 0 Å². The highest BCUT2D eigenvalue weighted by atomic mass is 32.2. The highest BCUT2D eigenvalue weighted by Gasteiger charge is 2.25. The summed E-state index contributed by atoms with van der Waals surface area (Å²) in [5.41, 5.74) is 0.219. The molecule has 0 fully saturated rings. The van der Waals surface area contributed by atoms with E-state index < -0.39 is 9.84 Å². The molecule has 116 valence electrons. The summed E-state index contributed by atoms with van der Waals surface area (Å²) >= 11 is 0. The molecule has 0 rings (SSSR count). The summed E-state index contributed by atoms with van der Waals surface area (Å²) in [6.07, 6.45) is 3.90. The van der Waals surface area contributed by atoms with E-state index in [1.807, 2.05) is 0 Å². The first kappa shape index (κ1) is 18.9. The van der Waals surface area contributed by atoms with Gasteiger partial charge in [-0.15, -0.1) is 0 Å². The van der Waals surface area contributed by atoms with Crippen molar-refractivity contribution in [3.63, 3.8) is 0 Å². The van der Waals surface area contributed by atoms with Crippen molar-refractivity contribution in [2.75, 3.05) is 38.3 Å². The first-order chi connectivity index (χ1) is 8.95. The van der Waals surface area contributed by atoms with Gasteiger partial charge >= 0.3 is 0 Å². The second-order valence-corrected chi connectivity index (χ2v) is 7.69. The van der Waals surface area contributed by atoms with Crippen LogP contribution in [-0.2, 0) is 14.6 Å². The number of hydrogen-bond acceptors (Lipinski definition) is 4. The van der Waals surface area contributed by atoms with E-state index in [-0.39, 0.29) is 11.2 Å². The van der Waals surface area contributed by atoms with Gasteiger partial charge in [0, 0.05) is 26.0 Å². The Morgan fingerprint density at radius 3 is 2.26 bits per heavy atom. The second kappa shape index (κ2) is 9.72. The van der Waals surface area contributed by atoms with E-state index in [0.29, 0.717) is 12.4 Å². The van der Waals surface area contributed by atoms with Crippen molar-refractivity contribution in [1.29, 1.82) is 0 Å². The van der Waals surface area contributed by atoms with Gasteiger partial charge in [-0.05, 0) is 31.1 Å². The molecular weight excluding hydrogens is 262 g/mol. The summed E-state index contributed by atoms with van der Waals surface area (Å²) in [6, 6.07) is 0. The van der Waals surface area contributed by atoms with Gasteiger partial charge in [0.25, 0.3) is 0 Å². The zero-order valence-corrected chi connectivity index (χ0v) is 13.8. The van der Waals surface area contributed by atoms with Gasteiger partial charge in [0.1, 0.15) is 9.84 Å². The van der Waals surface area contributed by atoms with E-state index in [0.717, 1.165) is 38.8 Å². The number of methoxy groups -OCH3 is 1. The molecule has 0 aliphatic carbocycles. The van der Waals surface area contributed by atoms with Crippen molar-refractivity contribution in [3.8, 4) is 0 Å². The summed E-state index contributed by atoms with van der Waals surface area (Å²) < 4.78 is 28.1. The fourth-order valence-corrected chi connectivity index (χ4v) is 3.15. The maximum Gasteiger partial charge on any atom is 0.150 e. The third-order valence-electron chi connectivity index (χ3n) is 4.09. The normalized spacial score (nSPS) is 12.8. The molecule has 0 radical (unpaired) electrons.